The zero-order valence-electron chi connectivity index (χ0n) is 18.6. The second-order valence-electron chi connectivity index (χ2n) is 8.13. The molecule has 0 amide bonds. The van der Waals surface area contributed by atoms with Gasteiger partial charge in [0.15, 0.2) is 18.0 Å². The summed E-state index contributed by atoms with van der Waals surface area (Å²) in [6.07, 6.45) is 1.10. The minimum absolute atomic E-state index is 0.306. The number of benzene rings is 1. The highest BCUT2D eigenvalue weighted by Gasteiger charge is 2.52. The van der Waals surface area contributed by atoms with E-state index in [1.54, 1.807) is 12.2 Å². The lowest BCUT2D eigenvalue weighted by molar-refractivity contribution is -0.182. The molecule has 1 aromatic carbocycles. The van der Waals surface area contributed by atoms with Crippen LogP contribution >= 0.6 is 0 Å². The van der Waals surface area contributed by atoms with Gasteiger partial charge in [-0.3, -0.25) is 9.59 Å². The molecule has 0 spiro atoms. The number of carbonyl (C=O) groups excluding carboxylic acids is 2. The van der Waals surface area contributed by atoms with Gasteiger partial charge in [0.1, 0.15) is 18.3 Å². The Morgan fingerprint density at radius 3 is 2.69 bits per heavy atom. The SMILES string of the molecule is C=CCC1C=CC(=O)[C@@H]([C@H](OC(C)=O)[C@H]2O[C@H](CCC)[C@@H](OCc3ccccc3)C2O)O1. The summed E-state index contributed by atoms with van der Waals surface area (Å²) in [6.45, 7) is 7.28. The third-order valence-corrected chi connectivity index (χ3v) is 5.63. The highest BCUT2D eigenvalue weighted by Crippen LogP contribution is 2.33. The van der Waals surface area contributed by atoms with E-state index in [1.807, 2.05) is 37.3 Å². The molecular formula is C25H32O7. The Morgan fingerprint density at radius 2 is 2.03 bits per heavy atom. The minimum Gasteiger partial charge on any atom is -0.456 e. The van der Waals surface area contributed by atoms with Gasteiger partial charge in [-0.25, -0.2) is 0 Å². The van der Waals surface area contributed by atoms with Crippen molar-refractivity contribution in [3.05, 3.63) is 60.7 Å². The zero-order valence-corrected chi connectivity index (χ0v) is 18.6. The topological polar surface area (TPSA) is 91.3 Å². The van der Waals surface area contributed by atoms with Crippen LogP contribution < -0.4 is 0 Å². The molecule has 7 nitrogen and oxygen atoms in total. The maximum atomic E-state index is 12.6. The molecule has 1 saturated heterocycles. The molecule has 32 heavy (non-hydrogen) atoms. The lowest BCUT2D eigenvalue weighted by atomic mass is 9.95. The van der Waals surface area contributed by atoms with Crippen molar-refractivity contribution >= 4 is 11.8 Å². The summed E-state index contributed by atoms with van der Waals surface area (Å²) in [5.41, 5.74) is 0.970. The second-order valence-corrected chi connectivity index (χ2v) is 8.13. The molecule has 1 fully saturated rings. The smallest absolute Gasteiger partial charge is 0.303 e. The lowest BCUT2D eigenvalue weighted by Crippen LogP contribution is -2.52. The molecule has 2 unspecified atom stereocenters. The highest BCUT2D eigenvalue weighted by atomic mass is 16.6. The number of aliphatic hydroxyl groups is 1. The number of rotatable bonds is 10. The molecule has 0 saturated carbocycles. The van der Waals surface area contributed by atoms with Crippen molar-refractivity contribution in [2.75, 3.05) is 0 Å². The first-order valence-electron chi connectivity index (χ1n) is 11.1. The van der Waals surface area contributed by atoms with Gasteiger partial charge in [-0.05, 0) is 24.5 Å². The van der Waals surface area contributed by atoms with Gasteiger partial charge < -0.3 is 24.1 Å². The minimum atomic E-state index is -1.10. The zero-order chi connectivity index (χ0) is 23.1. The van der Waals surface area contributed by atoms with Gasteiger partial charge in [0.2, 0.25) is 0 Å². The van der Waals surface area contributed by atoms with Gasteiger partial charge in [-0.15, -0.1) is 6.58 Å². The van der Waals surface area contributed by atoms with Crippen LogP contribution in [-0.2, 0) is 35.1 Å². The Labute approximate surface area is 189 Å². The summed E-state index contributed by atoms with van der Waals surface area (Å²) in [4.78, 5) is 24.5. The van der Waals surface area contributed by atoms with E-state index >= 15 is 0 Å². The summed E-state index contributed by atoms with van der Waals surface area (Å²) in [7, 11) is 0. The first-order chi connectivity index (χ1) is 15.4. The Kier molecular flexibility index (Phi) is 8.75. The van der Waals surface area contributed by atoms with E-state index in [0.717, 1.165) is 12.0 Å². The molecule has 1 aromatic rings. The Hall–Kier alpha value is -2.32. The lowest BCUT2D eigenvalue weighted by Gasteiger charge is -2.34. The van der Waals surface area contributed by atoms with Crippen molar-refractivity contribution in [2.24, 2.45) is 0 Å². The summed E-state index contributed by atoms with van der Waals surface area (Å²) in [6, 6.07) is 9.64. The molecule has 2 heterocycles. The van der Waals surface area contributed by atoms with Crippen LogP contribution in [0.3, 0.4) is 0 Å². The first kappa shape index (κ1) is 24.3. The average Bonchev–Trinajstić information content (AvgIpc) is 3.08. The third-order valence-electron chi connectivity index (χ3n) is 5.63. The standard InChI is InChI=1S/C25H32O7/c1-4-9-18-13-14-19(27)22(31-18)25(30-16(3)26)24-21(28)23(20(32-24)10-5-2)29-15-17-11-7-6-8-12-17/h4,6-8,11-14,18,20-25,28H,1,5,9-10,15H2,2-3H3/t18?,20-,21?,22+,23-,24+,25+/m1/s1. The molecule has 7 atom stereocenters. The van der Waals surface area contributed by atoms with E-state index in [1.165, 1.54) is 13.0 Å². The van der Waals surface area contributed by atoms with Crippen LogP contribution in [0, 0.1) is 0 Å². The van der Waals surface area contributed by atoms with E-state index in [-0.39, 0.29) is 11.9 Å². The Bertz CT molecular complexity index is 806. The van der Waals surface area contributed by atoms with Crippen LogP contribution in [0.15, 0.2) is 55.1 Å². The second kappa shape index (κ2) is 11.5. The quantitative estimate of drug-likeness (QED) is 0.438. The van der Waals surface area contributed by atoms with Crippen LogP contribution in [0.25, 0.3) is 0 Å². The number of ether oxygens (including phenoxy) is 4. The number of carbonyl (C=O) groups is 2. The Balaban J connectivity index is 1.80. The van der Waals surface area contributed by atoms with Crippen LogP contribution in [0.1, 0.15) is 38.7 Å². The van der Waals surface area contributed by atoms with Gasteiger partial charge in [0.05, 0.1) is 18.8 Å². The molecule has 7 heteroatoms. The molecule has 174 valence electrons. The van der Waals surface area contributed by atoms with Crippen molar-refractivity contribution < 1.29 is 33.6 Å². The van der Waals surface area contributed by atoms with Crippen molar-refractivity contribution in [2.45, 2.75) is 82.4 Å². The Morgan fingerprint density at radius 1 is 1.28 bits per heavy atom. The molecule has 2 aliphatic rings. The van der Waals surface area contributed by atoms with Gasteiger partial charge in [-0.1, -0.05) is 55.8 Å². The van der Waals surface area contributed by atoms with E-state index < -0.39 is 42.6 Å². The monoisotopic (exact) mass is 444 g/mol. The van der Waals surface area contributed by atoms with Gasteiger partial charge in [0.25, 0.3) is 0 Å². The largest absolute Gasteiger partial charge is 0.456 e. The fourth-order valence-corrected chi connectivity index (χ4v) is 4.16. The average molecular weight is 445 g/mol. The van der Waals surface area contributed by atoms with Crippen LogP contribution in [-0.4, -0.2) is 59.6 Å². The normalized spacial score (nSPS) is 30.8. The van der Waals surface area contributed by atoms with Crippen molar-refractivity contribution in [1.82, 2.24) is 0 Å². The summed E-state index contributed by atoms with van der Waals surface area (Å²) < 4.78 is 23.6. The summed E-state index contributed by atoms with van der Waals surface area (Å²) in [5.74, 6) is -0.925. The number of aliphatic hydroxyl groups excluding tert-OH is 1. The molecule has 3 rings (SSSR count). The number of ketones is 1. The molecule has 0 bridgehead atoms. The van der Waals surface area contributed by atoms with E-state index in [0.29, 0.717) is 19.4 Å². The van der Waals surface area contributed by atoms with E-state index in [4.69, 9.17) is 18.9 Å². The highest BCUT2D eigenvalue weighted by molar-refractivity contribution is 5.95. The predicted octanol–water partition coefficient (Wildman–Crippen LogP) is 2.90. The first-order valence-corrected chi connectivity index (χ1v) is 11.1. The maximum absolute atomic E-state index is 12.6. The van der Waals surface area contributed by atoms with Crippen LogP contribution in [0.2, 0.25) is 0 Å². The third kappa shape index (κ3) is 5.92. The van der Waals surface area contributed by atoms with Crippen molar-refractivity contribution in [3.63, 3.8) is 0 Å². The molecule has 1 N–H and O–H groups in total. The molecule has 2 aliphatic heterocycles. The van der Waals surface area contributed by atoms with Gasteiger partial charge in [-0.2, -0.15) is 0 Å². The van der Waals surface area contributed by atoms with Gasteiger partial charge >= 0.3 is 5.97 Å². The summed E-state index contributed by atoms with van der Waals surface area (Å²) >= 11 is 0. The van der Waals surface area contributed by atoms with Crippen LogP contribution in [0.5, 0.6) is 0 Å². The number of hydrogen-bond donors (Lipinski definition) is 1. The molecule has 0 aromatic heterocycles. The fraction of sp³-hybridized carbons (Fsp3) is 0.520. The summed E-state index contributed by atoms with van der Waals surface area (Å²) in [5, 5.41) is 11.2. The predicted molar refractivity (Wildman–Crippen MR) is 118 cm³/mol. The number of hydrogen-bond acceptors (Lipinski definition) is 7. The van der Waals surface area contributed by atoms with Gasteiger partial charge in [0, 0.05) is 6.92 Å². The van der Waals surface area contributed by atoms with E-state index in [2.05, 4.69) is 6.58 Å². The molecule has 0 radical (unpaired) electrons. The molecular weight excluding hydrogens is 412 g/mol. The van der Waals surface area contributed by atoms with Crippen LogP contribution in [0.4, 0.5) is 0 Å². The fourth-order valence-electron chi connectivity index (χ4n) is 4.16. The number of esters is 1. The van der Waals surface area contributed by atoms with E-state index in [9.17, 15) is 14.7 Å². The van der Waals surface area contributed by atoms with Crippen molar-refractivity contribution in [3.8, 4) is 0 Å². The molecule has 0 aliphatic carbocycles. The van der Waals surface area contributed by atoms with Crippen molar-refractivity contribution in [1.29, 1.82) is 0 Å². The maximum Gasteiger partial charge on any atom is 0.303 e.